The minimum Gasteiger partial charge on any atom is -0.352 e. The summed E-state index contributed by atoms with van der Waals surface area (Å²) in [6, 6.07) is 16.0. The average molecular weight is 476 g/mol. The van der Waals surface area contributed by atoms with E-state index in [1.54, 1.807) is 0 Å². The van der Waals surface area contributed by atoms with Crippen LogP contribution in [0.5, 0.6) is 0 Å². The summed E-state index contributed by atoms with van der Waals surface area (Å²) in [6.45, 7) is 9.99. The fourth-order valence-electron chi connectivity index (χ4n) is 4.98. The summed E-state index contributed by atoms with van der Waals surface area (Å²) >= 11 is 5.78. The molecule has 1 aromatic carbocycles. The monoisotopic (exact) mass is 475 g/mol. The predicted octanol–water partition coefficient (Wildman–Crippen LogP) is 5.08. The summed E-state index contributed by atoms with van der Waals surface area (Å²) in [4.78, 5) is 19.7. The molecular weight excluding hydrogens is 442 g/mol. The van der Waals surface area contributed by atoms with Gasteiger partial charge in [0, 0.05) is 42.8 Å². The van der Waals surface area contributed by atoms with Crippen LogP contribution in [0.15, 0.2) is 54.7 Å². The molecule has 1 fully saturated rings. The smallest absolute Gasteiger partial charge is 0.226 e. The van der Waals surface area contributed by atoms with Crippen molar-refractivity contribution in [2.24, 2.45) is 0 Å². The summed E-state index contributed by atoms with van der Waals surface area (Å²) < 4.78 is 2.32. The maximum absolute atomic E-state index is 12.9. The van der Waals surface area contributed by atoms with Crippen LogP contribution in [0.2, 0.25) is 0 Å². The molecule has 0 radical (unpaired) electrons. The molecule has 34 heavy (non-hydrogen) atoms. The zero-order chi connectivity index (χ0) is 24.2. The molecule has 2 N–H and O–H groups in total. The largest absolute Gasteiger partial charge is 0.352 e. The van der Waals surface area contributed by atoms with Crippen molar-refractivity contribution < 1.29 is 4.79 Å². The van der Waals surface area contributed by atoms with Crippen LogP contribution in [0.4, 0.5) is 5.69 Å². The minimum atomic E-state index is -0.0802. The van der Waals surface area contributed by atoms with Gasteiger partial charge in [-0.25, -0.2) is 0 Å². The number of anilines is 1. The summed E-state index contributed by atoms with van der Waals surface area (Å²) in [7, 11) is 0. The van der Waals surface area contributed by atoms with Crippen molar-refractivity contribution in [1.82, 2.24) is 19.8 Å². The van der Waals surface area contributed by atoms with Crippen LogP contribution in [0.25, 0.3) is 0 Å². The number of carbonyl (C=O) groups is 1. The third kappa shape index (κ3) is 4.71. The normalized spacial score (nSPS) is 17.6. The van der Waals surface area contributed by atoms with Gasteiger partial charge in [0.25, 0.3) is 0 Å². The predicted molar refractivity (Wildman–Crippen MR) is 141 cm³/mol. The molecule has 7 heteroatoms. The van der Waals surface area contributed by atoms with Crippen LogP contribution in [0, 0.1) is 13.8 Å². The first-order chi connectivity index (χ1) is 16.4. The molecule has 0 aliphatic carbocycles. The summed E-state index contributed by atoms with van der Waals surface area (Å²) in [5, 5.41) is 7.23. The number of carbonyl (C=O) groups excluding carboxylic acids is 1. The number of para-hydroxylation sites is 1. The quantitative estimate of drug-likeness (QED) is 0.445. The van der Waals surface area contributed by atoms with Crippen LogP contribution >= 0.6 is 12.2 Å². The van der Waals surface area contributed by atoms with Gasteiger partial charge in [0.15, 0.2) is 5.11 Å². The van der Waals surface area contributed by atoms with Crippen molar-refractivity contribution in [1.29, 1.82) is 0 Å². The van der Waals surface area contributed by atoms with Crippen LogP contribution < -0.4 is 10.6 Å². The van der Waals surface area contributed by atoms with E-state index in [1.165, 1.54) is 17.0 Å². The van der Waals surface area contributed by atoms with E-state index in [2.05, 4.69) is 58.8 Å². The number of nitrogens with zero attached hydrogens (tertiary/aromatic N) is 3. The van der Waals surface area contributed by atoms with E-state index in [0.717, 1.165) is 29.9 Å². The van der Waals surface area contributed by atoms with Gasteiger partial charge in [-0.15, -0.1) is 0 Å². The van der Waals surface area contributed by atoms with Gasteiger partial charge in [-0.3, -0.25) is 9.78 Å². The first kappa shape index (κ1) is 24.0. The molecule has 2 atom stereocenters. The van der Waals surface area contributed by atoms with E-state index in [9.17, 15) is 4.79 Å². The summed E-state index contributed by atoms with van der Waals surface area (Å²) in [5.74, 6) is -0.0113. The molecule has 1 aliphatic heterocycles. The number of hydrogen-bond donors (Lipinski definition) is 2. The van der Waals surface area contributed by atoms with E-state index in [4.69, 9.17) is 12.2 Å². The van der Waals surface area contributed by atoms with E-state index in [0.29, 0.717) is 18.1 Å². The Kier molecular flexibility index (Phi) is 7.32. The molecule has 3 aromatic rings. The maximum atomic E-state index is 12.9. The Bertz CT molecular complexity index is 1170. The first-order valence-corrected chi connectivity index (χ1v) is 12.4. The Morgan fingerprint density at radius 3 is 2.59 bits per heavy atom. The molecule has 4 rings (SSSR count). The highest BCUT2D eigenvalue weighted by atomic mass is 32.1. The molecule has 3 heterocycles. The molecule has 6 nitrogen and oxygen atoms in total. The lowest BCUT2D eigenvalue weighted by Crippen LogP contribution is -2.33. The van der Waals surface area contributed by atoms with Crippen molar-refractivity contribution >= 4 is 28.9 Å². The number of amides is 1. The lowest BCUT2D eigenvalue weighted by atomic mass is 9.96. The van der Waals surface area contributed by atoms with Crippen molar-refractivity contribution in [2.45, 2.75) is 59.2 Å². The van der Waals surface area contributed by atoms with E-state index < -0.39 is 0 Å². The molecule has 178 valence electrons. The summed E-state index contributed by atoms with van der Waals surface area (Å²) in [6.07, 6.45) is 3.03. The first-order valence-electron chi connectivity index (χ1n) is 12.0. The molecule has 0 bridgehead atoms. The van der Waals surface area contributed by atoms with Crippen LogP contribution in [-0.2, 0) is 17.8 Å². The molecule has 0 saturated carbocycles. The molecule has 1 saturated heterocycles. The topological polar surface area (TPSA) is 62.2 Å². The standard InChI is InChI=1S/C27H33N5OS/c1-5-20-11-7-8-12-22(20)29-24(33)14-16-32-26(21-17-18(3)31(6-2)19(21)4)25(30-27(32)34)23-13-9-10-15-28-23/h7-13,15,17,25-26H,5-6,14,16H2,1-4H3,(H,29,33)(H,30,34)/t25-,26+/m1/s1. The second kappa shape index (κ2) is 10.4. The van der Waals surface area contributed by atoms with Gasteiger partial charge in [0.2, 0.25) is 5.91 Å². The molecule has 1 aliphatic rings. The van der Waals surface area contributed by atoms with E-state index in [1.807, 2.05) is 48.7 Å². The number of rotatable bonds is 8. The van der Waals surface area contributed by atoms with Gasteiger partial charge in [0.1, 0.15) is 0 Å². The second-order valence-electron chi connectivity index (χ2n) is 8.70. The highest BCUT2D eigenvalue weighted by Crippen LogP contribution is 2.40. The number of aromatic nitrogens is 2. The van der Waals surface area contributed by atoms with Crippen LogP contribution in [0.3, 0.4) is 0 Å². The van der Waals surface area contributed by atoms with E-state index in [-0.39, 0.29) is 18.0 Å². The average Bonchev–Trinajstić information content (AvgIpc) is 3.32. The van der Waals surface area contributed by atoms with Gasteiger partial charge in [-0.1, -0.05) is 31.2 Å². The number of aryl methyl sites for hydroxylation is 2. The Morgan fingerprint density at radius 1 is 1.15 bits per heavy atom. The summed E-state index contributed by atoms with van der Waals surface area (Å²) in [5.41, 5.74) is 6.63. The molecule has 0 unspecified atom stereocenters. The van der Waals surface area contributed by atoms with Crippen molar-refractivity contribution in [3.05, 3.63) is 82.9 Å². The molecule has 0 spiro atoms. The number of benzene rings is 1. The van der Waals surface area contributed by atoms with Gasteiger partial charge in [-0.05, 0) is 74.8 Å². The SMILES string of the molecule is CCc1ccccc1NC(=O)CCN1C(=S)N[C@H](c2ccccn2)[C@@H]1c1cc(C)n(CC)c1C. The van der Waals surface area contributed by atoms with Gasteiger partial charge in [-0.2, -0.15) is 0 Å². The molecular formula is C27H33N5OS. The minimum absolute atomic E-state index is 0.0113. The molecule has 2 aromatic heterocycles. The Morgan fingerprint density at radius 2 is 1.91 bits per heavy atom. The van der Waals surface area contributed by atoms with Crippen molar-refractivity contribution in [2.75, 3.05) is 11.9 Å². The Hall–Kier alpha value is -3.19. The lowest BCUT2D eigenvalue weighted by molar-refractivity contribution is -0.116. The van der Waals surface area contributed by atoms with Gasteiger partial charge >= 0.3 is 0 Å². The van der Waals surface area contributed by atoms with Crippen LogP contribution in [0.1, 0.15) is 60.6 Å². The van der Waals surface area contributed by atoms with Crippen LogP contribution in [-0.4, -0.2) is 32.0 Å². The Labute approximate surface area is 207 Å². The molecule has 1 amide bonds. The third-order valence-corrected chi connectivity index (χ3v) is 7.05. The van der Waals surface area contributed by atoms with E-state index >= 15 is 0 Å². The number of thiocarbonyl (C=S) groups is 1. The Balaban J connectivity index is 1.59. The zero-order valence-corrected chi connectivity index (χ0v) is 21.2. The zero-order valence-electron chi connectivity index (χ0n) is 20.3. The highest BCUT2D eigenvalue weighted by Gasteiger charge is 2.41. The van der Waals surface area contributed by atoms with Gasteiger partial charge in [0.05, 0.1) is 17.8 Å². The van der Waals surface area contributed by atoms with Crippen molar-refractivity contribution in [3.63, 3.8) is 0 Å². The number of hydrogen-bond acceptors (Lipinski definition) is 3. The second-order valence-corrected chi connectivity index (χ2v) is 9.09. The van der Waals surface area contributed by atoms with Crippen molar-refractivity contribution in [3.8, 4) is 0 Å². The highest BCUT2D eigenvalue weighted by molar-refractivity contribution is 7.80. The third-order valence-electron chi connectivity index (χ3n) is 6.70. The fraction of sp³-hybridized carbons (Fsp3) is 0.370. The fourth-order valence-corrected chi connectivity index (χ4v) is 5.32. The maximum Gasteiger partial charge on any atom is 0.226 e. The number of pyridine rings is 1. The van der Waals surface area contributed by atoms with Gasteiger partial charge < -0.3 is 20.1 Å². The lowest BCUT2D eigenvalue weighted by Gasteiger charge is -2.28. The number of nitrogens with one attached hydrogen (secondary N) is 2.